The molecule has 0 unspecified atom stereocenters. The van der Waals surface area contributed by atoms with Crippen LogP contribution in [0.5, 0.6) is 0 Å². The second kappa shape index (κ2) is 16.7. The van der Waals surface area contributed by atoms with E-state index in [4.69, 9.17) is 35.7 Å². The Morgan fingerprint density at radius 3 is 1.29 bits per heavy atom. The Morgan fingerprint density at radius 2 is 0.800 bits per heavy atom. The van der Waals surface area contributed by atoms with E-state index in [1.807, 2.05) is 102 Å². The molecule has 10 aromatic rings. The lowest BCUT2D eigenvalue weighted by molar-refractivity contribution is 1.05. The Balaban J connectivity index is 1.20. The van der Waals surface area contributed by atoms with Crippen LogP contribution < -0.4 is 5.84 Å². The molecule has 3 aromatic heterocycles. The number of nitrogens with two attached hydrogens (primary N) is 1. The molecule has 9 nitrogen and oxygen atoms in total. The molecular formula is C53H37N9S3. The van der Waals surface area contributed by atoms with Crippen LogP contribution in [0.25, 0.3) is 89.7 Å². The van der Waals surface area contributed by atoms with Crippen LogP contribution >= 0.6 is 35.3 Å². The quantitative estimate of drug-likeness (QED) is 0.107. The van der Waals surface area contributed by atoms with Gasteiger partial charge in [0.05, 0.1) is 0 Å². The predicted octanol–water partition coefficient (Wildman–Crippen LogP) is 12.9. The molecule has 0 fully saturated rings. The topological polar surface area (TPSA) is 124 Å². The first-order chi connectivity index (χ1) is 32.1. The lowest BCUT2D eigenvalue weighted by Crippen LogP contribution is -2.09. The summed E-state index contributed by atoms with van der Waals surface area (Å²) in [5.74, 6) is 11.5. The molecule has 5 heterocycles. The predicted molar refractivity (Wildman–Crippen MR) is 268 cm³/mol. The summed E-state index contributed by atoms with van der Waals surface area (Å²) in [7, 11) is 0. The minimum Gasteiger partial charge on any atom is -0.336 e. The molecule has 0 saturated heterocycles. The van der Waals surface area contributed by atoms with Gasteiger partial charge in [-0.1, -0.05) is 164 Å². The maximum Gasteiger partial charge on any atom is 0.164 e. The lowest BCUT2D eigenvalue weighted by atomic mass is 10.1. The number of H-pyrrole nitrogens is 1. The number of fused-ring (bicyclic) bond motifs is 20. The molecule has 0 spiro atoms. The smallest absolute Gasteiger partial charge is 0.164 e. The maximum absolute atomic E-state index is 6.97. The molecule has 7 aromatic carbocycles. The number of hydrogen-bond acceptors (Lipinski definition) is 10. The van der Waals surface area contributed by atoms with Gasteiger partial charge in [-0.15, -0.1) is 35.3 Å². The molecule has 3 N–H and O–H groups in total. The monoisotopic (exact) mass is 895 g/mol. The van der Waals surface area contributed by atoms with Gasteiger partial charge in [-0.05, 0) is 22.8 Å². The van der Waals surface area contributed by atoms with Crippen molar-refractivity contribution in [1.29, 1.82) is 0 Å². The fraction of sp³-hybridized carbons (Fsp3) is 0.0566. The van der Waals surface area contributed by atoms with Gasteiger partial charge in [0.2, 0.25) is 0 Å². The molecule has 0 saturated carbocycles. The summed E-state index contributed by atoms with van der Waals surface area (Å²) in [6, 6.07) is 58.5. The van der Waals surface area contributed by atoms with Crippen molar-refractivity contribution in [2.75, 3.05) is 5.84 Å². The Kier molecular flexibility index (Phi) is 10.1. The summed E-state index contributed by atoms with van der Waals surface area (Å²) in [6.45, 7) is 0. The summed E-state index contributed by atoms with van der Waals surface area (Å²) < 4.78 is 1.54. The van der Waals surface area contributed by atoms with Crippen LogP contribution in [0, 0.1) is 0 Å². The third-order valence-corrected chi connectivity index (χ3v) is 15.3. The average Bonchev–Trinajstić information content (AvgIpc) is 4.07. The van der Waals surface area contributed by atoms with E-state index in [0.717, 1.165) is 66.0 Å². The fourth-order valence-electron chi connectivity index (χ4n) is 8.43. The van der Waals surface area contributed by atoms with Gasteiger partial charge in [0.25, 0.3) is 0 Å². The van der Waals surface area contributed by atoms with Crippen molar-refractivity contribution in [3.05, 3.63) is 187 Å². The molecule has 12 rings (SSSR count). The number of nitrogen functional groups attached to an aromatic ring is 1. The van der Waals surface area contributed by atoms with Crippen LogP contribution in [-0.4, -0.2) is 39.6 Å². The second-order valence-corrected chi connectivity index (χ2v) is 18.7. The molecule has 0 aliphatic carbocycles. The lowest BCUT2D eigenvalue weighted by Gasteiger charge is -2.16. The van der Waals surface area contributed by atoms with Crippen LogP contribution in [0.3, 0.4) is 0 Å². The first-order valence-electron chi connectivity index (χ1n) is 21.2. The van der Waals surface area contributed by atoms with Gasteiger partial charge >= 0.3 is 0 Å². The van der Waals surface area contributed by atoms with E-state index in [0.29, 0.717) is 45.9 Å². The van der Waals surface area contributed by atoms with Crippen LogP contribution in [-0.2, 0) is 17.3 Å². The van der Waals surface area contributed by atoms with Crippen molar-refractivity contribution in [2.24, 2.45) is 0 Å². The zero-order valence-electron chi connectivity index (χ0n) is 34.7. The maximum atomic E-state index is 6.97. The molecular weight excluding hydrogens is 859 g/mol. The Bertz CT molecular complexity index is 3630. The highest BCUT2D eigenvalue weighted by Crippen LogP contribution is 2.48. The van der Waals surface area contributed by atoms with Crippen molar-refractivity contribution in [1.82, 2.24) is 39.6 Å². The molecule has 0 amide bonds. The number of nitrogens with one attached hydrogen (secondary N) is 1. The minimum absolute atomic E-state index is 0.519. The molecule has 8 bridgehead atoms. The van der Waals surface area contributed by atoms with Gasteiger partial charge in [0.1, 0.15) is 11.3 Å². The first-order valence-corrected chi connectivity index (χ1v) is 24.2. The van der Waals surface area contributed by atoms with E-state index >= 15 is 0 Å². The summed E-state index contributed by atoms with van der Waals surface area (Å²) in [6.07, 6.45) is 0. The van der Waals surface area contributed by atoms with E-state index < -0.39 is 0 Å². The van der Waals surface area contributed by atoms with Crippen molar-refractivity contribution in [3.8, 4) is 45.6 Å². The van der Waals surface area contributed by atoms with Gasteiger partial charge in [-0.3, -0.25) is 0 Å². The molecule has 65 heavy (non-hydrogen) atoms. The Hall–Kier alpha value is -7.25. The van der Waals surface area contributed by atoms with Gasteiger partial charge in [0.15, 0.2) is 34.6 Å². The molecule has 12 heteroatoms. The summed E-state index contributed by atoms with van der Waals surface area (Å²) >= 11 is 5.54. The Morgan fingerprint density at radius 1 is 0.400 bits per heavy atom. The average molecular weight is 896 g/mol. The number of rotatable bonds is 9. The van der Waals surface area contributed by atoms with E-state index in [1.54, 1.807) is 4.68 Å². The first kappa shape index (κ1) is 39.3. The number of thioether (sulfide) groups is 3. The third-order valence-electron chi connectivity index (χ3n) is 11.6. The van der Waals surface area contributed by atoms with E-state index in [9.17, 15) is 0 Å². The summed E-state index contributed by atoms with van der Waals surface area (Å²) in [5, 5.41) is 3.63. The number of benzene rings is 7. The van der Waals surface area contributed by atoms with Gasteiger partial charge < -0.3 is 10.8 Å². The van der Waals surface area contributed by atoms with Crippen LogP contribution in [0.2, 0.25) is 0 Å². The third kappa shape index (κ3) is 7.29. The highest BCUT2D eigenvalue weighted by atomic mass is 32.2. The van der Waals surface area contributed by atoms with Gasteiger partial charge in [-0.2, -0.15) is 0 Å². The van der Waals surface area contributed by atoms with E-state index in [1.165, 1.54) is 26.5 Å². The molecule has 2 aliphatic rings. The molecule has 0 radical (unpaired) electrons. The molecule has 2 aliphatic heterocycles. The summed E-state index contributed by atoms with van der Waals surface area (Å²) in [5.41, 5.74) is 9.61. The SMILES string of the molecule is Nn1c2nc3nc(nc4[nH]c(nc5nc(nc1c1ccccc12)-c1ccccc1-5)c1c(SCc2ccccc2)c(SCc2ccccc2)c(SCc2ccccc2)cc41)-c1ccccc1-3. The van der Waals surface area contributed by atoms with Crippen LogP contribution in [0.15, 0.2) is 185 Å². The highest BCUT2D eigenvalue weighted by Gasteiger charge is 2.25. The van der Waals surface area contributed by atoms with Crippen molar-refractivity contribution >= 4 is 79.4 Å². The molecule has 0 atom stereocenters. The van der Waals surface area contributed by atoms with Crippen LogP contribution in [0.1, 0.15) is 16.7 Å². The molecule has 312 valence electrons. The Labute approximate surface area is 386 Å². The van der Waals surface area contributed by atoms with Gasteiger partial charge in [0, 0.05) is 75.7 Å². The van der Waals surface area contributed by atoms with E-state index in [2.05, 4.69) is 108 Å². The van der Waals surface area contributed by atoms with Crippen molar-refractivity contribution in [3.63, 3.8) is 0 Å². The number of hydrogen-bond donors (Lipinski definition) is 2. The zero-order valence-corrected chi connectivity index (χ0v) is 37.2. The fourth-order valence-corrected chi connectivity index (χ4v) is 12.2. The van der Waals surface area contributed by atoms with Crippen molar-refractivity contribution < 1.29 is 0 Å². The number of nitrogens with zero attached hydrogens (tertiary/aromatic N) is 7. The standard InChI is InChI=1S/C53H37N9S3/c54-62-52-39-26-14-15-27-40(39)53(62)61-49-38-25-13-11-23-36(38)47(56-49)58-51-43-41(50(59-51)57-46-35-22-10-12-24-37(35)48(55-46)60-52)28-42(63-29-32-16-4-1-5-17-32)44(64-30-33-18-6-2-7-19-33)45(43)65-31-34-20-8-3-9-21-34/h1-28H,29-31,54H2,(H,55,56,57,58,59,60,61). The van der Waals surface area contributed by atoms with Crippen LogP contribution in [0.4, 0.5) is 0 Å². The normalized spacial score (nSPS) is 11.8. The highest BCUT2D eigenvalue weighted by molar-refractivity contribution is 8.03. The van der Waals surface area contributed by atoms with E-state index in [-0.39, 0.29) is 0 Å². The van der Waals surface area contributed by atoms with Crippen molar-refractivity contribution in [2.45, 2.75) is 31.9 Å². The minimum atomic E-state index is 0.519. The largest absolute Gasteiger partial charge is 0.336 e. The number of aromatic nitrogens is 8. The second-order valence-electron chi connectivity index (χ2n) is 15.7. The number of aromatic amines is 1. The summed E-state index contributed by atoms with van der Waals surface area (Å²) in [4.78, 5) is 38.9. The zero-order chi connectivity index (χ0) is 43.3. The van der Waals surface area contributed by atoms with Gasteiger partial charge in [-0.25, -0.2) is 34.6 Å².